The van der Waals surface area contributed by atoms with Crippen molar-refractivity contribution in [2.45, 2.75) is 24.5 Å². The van der Waals surface area contributed by atoms with E-state index in [2.05, 4.69) is 0 Å². The number of quaternary nitrogens is 1. The van der Waals surface area contributed by atoms with Gasteiger partial charge in [-0.05, 0) is 48.4 Å². The number of para-hydroxylation sites is 1. The Balaban J connectivity index is 1.46. The highest BCUT2D eigenvalue weighted by Crippen LogP contribution is 2.52. The van der Waals surface area contributed by atoms with Gasteiger partial charge in [0, 0.05) is 17.5 Å². The molecule has 6 rings (SSSR count). The first kappa shape index (κ1) is 25.6. The smallest absolute Gasteiger partial charge is 0.294 e. The molecule has 0 aliphatic carbocycles. The number of nitrogens with zero attached hydrogens (tertiary/aromatic N) is 2. The minimum Gasteiger partial charge on any atom is -0.497 e. The van der Waals surface area contributed by atoms with Gasteiger partial charge in [0.1, 0.15) is 29.4 Å². The fraction of sp³-hybridized carbons (Fsp3) is 0.300. The van der Waals surface area contributed by atoms with Crippen LogP contribution in [0.15, 0.2) is 72.8 Å². The molecular formula is C30H29FN3O4S+. The molecule has 3 amide bonds. The van der Waals surface area contributed by atoms with Crippen LogP contribution < -0.4 is 19.9 Å². The number of benzene rings is 3. The van der Waals surface area contributed by atoms with Crippen LogP contribution in [0.5, 0.6) is 5.75 Å². The van der Waals surface area contributed by atoms with Crippen LogP contribution in [0.4, 0.5) is 15.8 Å². The summed E-state index contributed by atoms with van der Waals surface area (Å²) in [6.45, 7) is 0.0370. The third kappa shape index (κ3) is 3.78. The predicted molar refractivity (Wildman–Crippen MR) is 147 cm³/mol. The lowest BCUT2D eigenvalue weighted by molar-refractivity contribution is -0.733. The van der Waals surface area contributed by atoms with Crippen molar-refractivity contribution in [3.05, 3.63) is 89.7 Å². The minimum absolute atomic E-state index is 0.0370. The minimum atomic E-state index is -1.30. The number of rotatable bonds is 7. The lowest BCUT2D eigenvalue weighted by Gasteiger charge is -2.27. The van der Waals surface area contributed by atoms with Gasteiger partial charge < -0.3 is 15.0 Å². The molecule has 3 aliphatic rings. The monoisotopic (exact) mass is 546 g/mol. The summed E-state index contributed by atoms with van der Waals surface area (Å²) < 4.78 is 19.9. The van der Waals surface area contributed by atoms with Gasteiger partial charge in [0.2, 0.25) is 17.4 Å². The molecule has 7 nitrogen and oxygen atoms in total. The van der Waals surface area contributed by atoms with E-state index in [0.717, 1.165) is 5.75 Å². The molecule has 3 heterocycles. The zero-order valence-electron chi connectivity index (χ0n) is 21.7. The number of hydrogen-bond donors (Lipinski definition) is 1. The van der Waals surface area contributed by atoms with Crippen LogP contribution in [0.25, 0.3) is 0 Å². The number of imide groups is 1. The van der Waals surface area contributed by atoms with Gasteiger partial charge in [-0.3, -0.25) is 14.4 Å². The van der Waals surface area contributed by atoms with Crippen molar-refractivity contribution in [1.29, 1.82) is 0 Å². The summed E-state index contributed by atoms with van der Waals surface area (Å²) in [5, 5.41) is 1.96. The Morgan fingerprint density at radius 1 is 0.974 bits per heavy atom. The fourth-order valence-electron chi connectivity index (χ4n) is 6.57. The maximum absolute atomic E-state index is 14.7. The van der Waals surface area contributed by atoms with Gasteiger partial charge in [0.15, 0.2) is 0 Å². The van der Waals surface area contributed by atoms with Crippen LogP contribution >= 0.6 is 11.8 Å². The van der Waals surface area contributed by atoms with E-state index in [4.69, 9.17) is 4.74 Å². The number of fused-ring (bicyclic) bond motifs is 4. The van der Waals surface area contributed by atoms with E-state index in [1.165, 1.54) is 11.0 Å². The van der Waals surface area contributed by atoms with Crippen molar-refractivity contribution in [3.63, 3.8) is 0 Å². The summed E-state index contributed by atoms with van der Waals surface area (Å²) in [7, 11) is 1.55. The highest BCUT2D eigenvalue weighted by atomic mass is 32.2. The van der Waals surface area contributed by atoms with E-state index < -0.39 is 23.2 Å². The van der Waals surface area contributed by atoms with E-state index in [1.54, 1.807) is 66.2 Å². The highest BCUT2D eigenvalue weighted by molar-refractivity contribution is 7.98. The number of anilines is 2. The summed E-state index contributed by atoms with van der Waals surface area (Å²) >= 11 is 1.67. The van der Waals surface area contributed by atoms with Crippen molar-refractivity contribution in [3.8, 4) is 5.75 Å². The predicted octanol–water partition coefficient (Wildman–Crippen LogP) is 3.08. The number of nitrogens with two attached hydrogens (primary N) is 1. The maximum Gasteiger partial charge on any atom is 0.294 e. The third-order valence-corrected chi connectivity index (χ3v) is 8.94. The first-order valence-electron chi connectivity index (χ1n) is 12.9. The molecule has 0 bridgehead atoms. The van der Waals surface area contributed by atoms with Crippen LogP contribution in [0.1, 0.15) is 17.5 Å². The van der Waals surface area contributed by atoms with Crippen molar-refractivity contribution in [2.24, 2.45) is 11.8 Å². The van der Waals surface area contributed by atoms with Crippen LogP contribution in [-0.4, -0.2) is 42.9 Å². The zero-order valence-corrected chi connectivity index (χ0v) is 22.5. The molecule has 1 spiro atoms. The quantitative estimate of drug-likeness (QED) is 0.461. The van der Waals surface area contributed by atoms with E-state index in [0.29, 0.717) is 34.7 Å². The lowest BCUT2D eigenvalue weighted by atomic mass is 9.76. The summed E-state index contributed by atoms with van der Waals surface area (Å²) in [6.07, 6.45) is 2.67. The Hall–Kier alpha value is -3.69. The SMILES string of the molecule is COc1ccc(N2C(=O)[C@H]3[C@@H](C2=O)[C@@]2([NH2+][C@@H]3CCSC)C(=O)N(Cc3ccccc3F)c3ccccc32)cc1. The molecule has 39 heavy (non-hydrogen) atoms. The van der Waals surface area contributed by atoms with Gasteiger partial charge in [-0.2, -0.15) is 11.8 Å². The number of carbonyl (C=O) groups excluding carboxylic acids is 3. The van der Waals surface area contributed by atoms with Gasteiger partial charge in [-0.1, -0.05) is 36.4 Å². The Labute approximate surface area is 230 Å². The number of methoxy groups -OCH3 is 1. The Morgan fingerprint density at radius 3 is 2.41 bits per heavy atom. The topological polar surface area (TPSA) is 83.5 Å². The molecule has 2 N–H and O–H groups in total. The van der Waals surface area contributed by atoms with Gasteiger partial charge in [0.05, 0.1) is 25.0 Å². The van der Waals surface area contributed by atoms with Gasteiger partial charge in [-0.25, -0.2) is 9.29 Å². The Morgan fingerprint density at radius 2 is 1.69 bits per heavy atom. The van der Waals surface area contributed by atoms with Crippen molar-refractivity contribution >= 4 is 40.9 Å². The second kappa shape index (κ2) is 9.81. The molecule has 3 aromatic rings. The van der Waals surface area contributed by atoms with E-state index >= 15 is 0 Å². The molecule has 9 heteroatoms. The van der Waals surface area contributed by atoms with E-state index in [1.807, 2.05) is 35.8 Å². The highest BCUT2D eigenvalue weighted by Gasteiger charge is 2.75. The molecule has 200 valence electrons. The number of carbonyl (C=O) groups is 3. The van der Waals surface area contributed by atoms with Crippen LogP contribution in [0.2, 0.25) is 0 Å². The zero-order chi connectivity index (χ0) is 27.3. The summed E-state index contributed by atoms with van der Waals surface area (Å²) in [6, 6.07) is 20.3. The average Bonchev–Trinajstić information content (AvgIpc) is 3.52. The molecule has 0 radical (unpaired) electrons. The molecule has 2 fully saturated rings. The first-order valence-corrected chi connectivity index (χ1v) is 14.3. The second-order valence-electron chi connectivity index (χ2n) is 10.2. The molecular weight excluding hydrogens is 517 g/mol. The number of thioether (sulfide) groups is 1. The van der Waals surface area contributed by atoms with Crippen LogP contribution in [0.3, 0.4) is 0 Å². The van der Waals surface area contributed by atoms with Crippen molar-refractivity contribution in [1.82, 2.24) is 0 Å². The standard InChI is InChI=1S/C30H28FN3O4S/c1-38-20-13-11-19(12-14-20)34-27(35)25-23(15-16-39-2)32-30(26(25)28(34)36)21-8-4-6-10-24(21)33(29(30)37)17-18-7-3-5-9-22(18)31/h3-14,23,25-26,32H,15-17H2,1-2H3/p+1/t23-,25-,26+,30-/m1/s1. The fourth-order valence-corrected chi connectivity index (χ4v) is 7.08. The first-order chi connectivity index (χ1) is 18.9. The normalized spacial score (nSPS) is 25.5. The van der Waals surface area contributed by atoms with Gasteiger partial charge in [-0.15, -0.1) is 0 Å². The summed E-state index contributed by atoms with van der Waals surface area (Å²) in [5.74, 6) is -1.47. The largest absolute Gasteiger partial charge is 0.497 e. The number of halogens is 1. The Kier molecular flexibility index (Phi) is 6.43. The molecule has 0 aromatic heterocycles. The maximum atomic E-state index is 14.7. The van der Waals surface area contributed by atoms with Crippen molar-refractivity contribution in [2.75, 3.05) is 28.9 Å². The second-order valence-corrected chi connectivity index (χ2v) is 11.2. The summed E-state index contributed by atoms with van der Waals surface area (Å²) in [4.78, 5) is 45.5. The molecule has 0 saturated carbocycles. The molecule has 4 atom stereocenters. The number of hydrogen-bond acceptors (Lipinski definition) is 5. The molecule has 3 aromatic carbocycles. The van der Waals surface area contributed by atoms with Crippen LogP contribution in [0, 0.1) is 17.7 Å². The number of amides is 3. The number of ether oxygens (including phenoxy) is 1. The van der Waals surface area contributed by atoms with Gasteiger partial charge in [0.25, 0.3) is 5.91 Å². The van der Waals surface area contributed by atoms with E-state index in [9.17, 15) is 18.8 Å². The lowest BCUT2D eigenvalue weighted by Crippen LogP contribution is -2.99. The average molecular weight is 547 g/mol. The molecule has 2 saturated heterocycles. The summed E-state index contributed by atoms with van der Waals surface area (Å²) in [5.41, 5.74) is 0.893. The molecule has 3 aliphatic heterocycles. The Bertz CT molecular complexity index is 1460. The third-order valence-electron chi connectivity index (χ3n) is 8.29. The molecule has 0 unspecified atom stereocenters. The van der Waals surface area contributed by atoms with Gasteiger partial charge >= 0.3 is 0 Å². The van der Waals surface area contributed by atoms with Crippen LogP contribution in [-0.2, 0) is 26.5 Å². The van der Waals surface area contributed by atoms with E-state index in [-0.39, 0.29) is 30.3 Å². The van der Waals surface area contributed by atoms with Crippen molar-refractivity contribution < 1.29 is 28.8 Å².